The van der Waals surface area contributed by atoms with Crippen molar-refractivity contribution < 1.29 is 32.4 Å². The number of anilines is 1. The number of rotatable bonds is 8. The maximum atomic E-state index is 14.0. The minimum absolute atomic E-state index is 0.170. The Balaban J connectivity index is 1.01. The van der Waals surface area contributed by atoms with Gasteiger partial charge in [0, 0.05) is 50.4 Å². The van der Waals surface area contributed by atoms with E-state index in [1.807, 2.05) is 6.07 Å². The van der Waals surface area contributed by atoms with Crippen LogP contribution in [0.2, 0.25) is 5.02 Å². The molecule has 3 heterocycles. The van der Waals surface area contributed by atoms with Gasteiger partial charge in [0.15, 0.2) is 5.82 Å². The van der Waals surface area contributed by atoms with Crippen molar-refractivity contribution in [3.05, 3.63) is 76.4 Å². The number of likely N-dealkylation sites (tertiary alicyclic amines) is 1. The van der Waals surface area contributed by atoms with Gasteiger partial charge in [-0.25, -0.2) is 0 Å². The first-order chi connectivity index (χ1) is 22.0. The Labute approximate surface area is 270 Å². The highest BCUT2D eigenvalue weighted by Crippen LogP contribution is 2.42. The lowest BCUT2D eigenvalue weighted by Gasteiger charge is -2.42. The third kappa shape index (κ3) is 6.46. The second-order valence-electron chi connectivity index (χ2n) is 12.7. The minimum Gasteiger partial charge on any atom is -0.371 e. The lowest BCUT2D eigenvalue weighted by molar-refractivity contribution is -0.262. The maximum Gasteiger partial charge on any atom is 0.430 e. The summed E-state index contributed by atoms with van der Waals surface area (Å²) >= 11 is 6.59. The summed E-state index contributed by atoms with van der Waals surface area (Å²) in [5.74, 6) is 0.519. The molecule has 3 aliphatic rings. The quantitative estimate of drug-likeness (QED) is 0.327. The number of aromatic nitrogens is 2. The molecule has 1 unspecified atom stereocenters. The van der Waals surface area contributed by atoms with E-state index in [1.54, 1.807) is 19.2 Å². The number of carbonyl (C=O) groups is 2. The minimum atomic E-state index is -5.14. The first kappa shape index (κ1) is 32.3. The Morgan fingerprint density at radius 1 is 0.978 bits per heavy atom. The molecule has 46 heavy (non-hydrogen) atoms. The van der Waals surface area contributed by atoms with Crippen LogP contribution >= 0.6 is 11.6 Å². The molecule has 2 aliphatic heterocycles. The number of amides is 2. The molecule has 1 atom stereocenters. The molecular weight excluding hydrogens is 623 g/mol. The van der Waals surface area contributed by atoms with Crippen LogP contribution < -0.4 is 4.90 Å². The highest BCUT2D eigenvalue weighted by molar-refractivity contribution is 6.34. The number of hydrogen-bond donors (Lipinski definition) is 1. The van der Waals surface area contributed by atoms with Gasteiger partial charge in [-0.3, -0.25) is 9.59 Å². The topological polar surface area (TPSA) is 103 Å². The molecule has 246 valence electrons. The molecule has 2 saturated heterocycles. The average Bonchev–Trinajstić information content (AvgIpc) is 3.81. The molecule has 0 spiro atoms. The highest BCUT2D eigenvalue weighted by atomic mass is 35.5. The van der Waals surface area contributed by atoms with Crippen molar-refractivity contribution >= 4 is 29.1 Å². The van der Waals surface area contributed by atoms with E-state index in [9.17, 15) is 27.9 Å². The van der Waals surface area contributed by atoms with Crippen molar-refractivity contribution in [2.75, 3.05) is 38.1 Å². The third-order valence-corrected chi connectivity index (χ3v) is 9.94. The molecular formula is C33H37ClF3N5O4. The molecule has 2 amide bonds. The SMILES string of the molecule is CN(Cc1noc(C2CC2)n1)C(=O)c1ccc(N2CCC(C3CCN(C(=O)C(O)(c4ccccc4)C(F)(F)F)CC3)CC2)cc1Cl. The smallest absolute Gasteiger partial charge is 0.371 e. The fraction of sp³-hybridized carbons (Fsp3) is 0.515. The highest BCUT2D eigenvalue weighted by Gasteiger charge is 2.62. The first-order valence-corrected chi connectivity index (χ1v) is 16.1. The summed E-state index contributed by atoms with van der Waals surface area (Å²) in [4.78, 5) is 35.5. The summed E-state index contributed by atoms with van der Waals surface area (Å²) in [7, 11) is 1.67. The number of hydrogen-bond acceptors (Lipinski definition) is 7. The van der Waals surface area contributed by atoms with Gasteiger partial charge in [-0.05, 0) is 68.6 Å². The van der Waals surface area contributed by atoms with Gasteiger partial charge in [0.25, 0.3) is 17.4 Å². The van der Waals surface area contributed by atoms with Gasteiger partial charge in [-0.2, -0.15) is 18.2 Å². The number of alkyl halides is 3. The predicted molar refractivity (Wildman–Crippen MR) is 164 cm³/mol. The van der Waals surface area contributed by atoms with Gasteiger partial charge in [0.2, 0.25) is 5.89 Å². The van der Waals surface area contributed by atoms with Crippen LogP contribution in [0.3, 0.4) is 0 Å². The van der Waals surface area contributed by atoms with Crippen molar-refractivity contribution in [1.29, 1.82) is 0 Å². The van der Waals surface area contributed by atoms with Crippen LogP contribution in [-0.2, 0) is 16.9 Å². The largest absolute Gasteiger partial charge is 0.430 e. The number of piperidine rings is 2. The van der Waals surface area contributed by atoms with Crippen molar-refractivity contribution in [2.24, 2.45) is 11.8 Å². The molecule has 1 saturated carbocycles. The van der Waals surface area contributed by atoms with Crippen molar-refractivity contribution in [3.63, 3.8) is 0 Å². The molecule has 0 bridgehead atoms. The lowest BCUT2D eigenvalue weighted by atomic mass is 9.78. The summed E-state index contributed by atoms with van der Waals surface area (Å²) in [6.45, 7) is 2.10. The summed E-state index contributed by atoms with van der Waals surface area (Å²) in [6.07, 6.45) is -0.0927. The van der Waals surface area contributed by atoms with Gasteiger partial charge < -0.3 is 24.3 Å². The van der Waals surface area contributed by atoms with Crippen LogP contribution in [0.5, 0.6) is 0 Å². The molecule has 6 rings (SSSR count). The molecule has 3 fully saturated rings. The van der Waals surface area contributed by atoms with Crippen molar-refractivity contribution in [2.45, 2.75) is 62.8 Å². The van der Waals surface area contributed by atoms with E-state index < -0.39 is 23.2 Å². The zero-order valence-electron chi connectivity index (χ0n) is 25.5. The standard InChI is InChI=1S/C33H37ClF3N5O4/c1-40(20-28-38-29(46-39-28)23-7-8-23)30(43)26-10-9-25(19-27(26)34)41-15-11-21(12-16-41)22-13-17-42(18-14-22)31(44)32(45,33(35,36)37)24-5-3-2-4-6-24/h2-6,9-10,19,21-23,45H,7-8,11-18,20H2,1H3. The monoisotopic (exact) mass is 659 g/mol. The van der Waals surface area contributed by atoms with E-state index in [4.69, 9.17) is 16.1 Å². The second-order valence-corrected chi connectivity index (χ2v) is 13.1. The lowest BCUT2D eigenvalue weighted by Crippen LogP contribution is -2.57. The van der Waals surface area contributed by atoms with E-state index >= 15 is 0 Å². The predicted octanol–water partition coefficient (Wildman–Crippen LogP) is 5.78. The number of benzene rings is 2. The van der Waals surface area contributed by atoms with E-state index in [0.29, 0.717) is 47.0 Å². The first-order valence-electron chi connectivity index (χ1n) is 15.7. The van der Waals surface area contributed by atoms with Gasteiger partial charge >= 0.3 is 6.18 Å². The van der Waals surface area contributed by atoms with Gasteiger partial charge in [-0.15, -0.1) is 0 Å². The molecule has 9 nitrogen and oxygen atoms in total. The fourth-order valence-electron chi connectivity index (χ4n) is 6.71. The Bertz CT molecular complexity index is 1550. The van der Waals surface area contributed by atoms with E-state index in [2.05, 4.69) is 15.0 Å². The molecule has 0 radical (unpaired) electrons. The van der Waals surface area contributed by atoms with Crippen LogP contribution in [0.1, 0.15) is 72.1 Å². The number of halogens is 4. The Morgan fingerprint density at radius 2 is 1.61 bits per heavy atom. The summed E-state index contributed by atoms with van der Waals surface area (Å²) in [5, 5.41) is 15.0. The van der Waals surface area contributed by atoms with E-state index in [0.717, 1.165) is 61.5 Å². The zero-order valence-corrected chi connectivity index (χ0v) is 26.3. The number of nitrogens with zero attached hydrogens (tertiary/aromatic N) is 5. The van der Waals surface area contributed by atoms with Crippen LogP contribution in [0.4, 0.5) is 18.9 Å². The third-order valence-electron chi connectivity index (χ3n) is 9.63. The van der Waals surface area contributed by atoms with Crippen molar-refractivity contribution in [1.82, 2.24) is 19.9 Å². The Kier molecular flexibility index (Phi) is 9.04. The number of carbonyl (C=O) groups excluding carboxylic acids is 2. The van der Waals surface area contributed by atoms with Gasteiger partial charge in [-0.1, -0.05) is 47.1 Å². The van der Waals surface area contributed by atoms with Crippen molar-refractivity contribution in [3.8, 4) is 0 Å². The molecule has 1 N–H and O–H groups in total. The fourth-order valence-corrected chi connectivity index (χ4v) is 6.97. The van der Waals surface area contributed by atoms with Crippen LogP contribution in [0.15, 0.2) is 53.1 Å². The van der Waals surface area contributed by atoms with Gasteiger partial charge in [0.05, 0.1) is 17.1 Å². The Hall–Kier alpha value is -3.64. The molecule has 1 aliphatic carbocycles. The zero-order chi connectivity index (χ0) is 32.6. The normalized spacial score (nSPS) is 19.6. The van der Waals surface area contributed by atoms with Gasteiger partial charge in [0.1, 0.15) is 0 Å². The molecule has 2 aromatic carbocycles. The van der Waals surface area contributed by atoms with E-state index in [1.165, 1.54) is 23.1 Å². The van der Waals surface area contributed by atoms with Crippen LogP contribution in [0.25, 0.3) is 0 Å². The summed E-state index contributed by atoms with van der Waals surface area (Å²) in [6, 6.07) is 12.0. The van der Waals surface area contributed by atoms with E-state index in [-0.39, 0.29) is 31.5 Å². The van der Waals surface area contributed by atoms with Crippen LogP contribution in [0, 0.1) is 11.8 Å². The second kappa shape index (κ2) is 12.9. The summed E-state index contributed by atoms with van der Waals surface area (Å²) in [5.41, 5.74) is -2.74. The molecule has 3 aromatic rings. The molecule has 1 aromatic heterocycles. The average molecular weight is 660 g/mol. The maximum absolute atomic E-state index is 14.0. The molecule has 13 heteroatoms. The summed E-state index contributed by atoms with van der Waals surface area (Å²) < 4.78 is 47.4. The van der Waals surface area contributed by atoms with Crippen LogP contribution in [-0.4, -0.2) is 76.3 Å². The number of aliphatic hydroxyl groups is 1. The Morgan fingerprint density at radius 3 is 2.20 bits per heavy atom.